The third-order valence-corrected chi connectivity index (χ3v) is 5.75. The highest BCUT2D eigenvalue weighted by molar-refractivity contribution is 5.62. The summed E-state index contributed by atoms with van der Waals surface area (Å²) in [7, 11) is -2.69. The molecular formula is C18H21NO3. The molecule has 2 unspecified atom stereocenters. The molecule has 1 N–H and O–H groups in total. The van der Waals surface area contributed by atoms with Crippen molar-refractivity contribution < 1.29 is 24.2 Å². The van der Waals surface area contributed by atoms with Crippen molar-refractivity contribution in [1.82, 2.24) is 4.90 Å². The maximum atomic E-state index is 10.7. The van der Waals surface area contributed by atoms with Crippen molar-refractivity contribution in [3.8, 4) is 11.5 Å². The summed E-state index contributed by atoms with van der Waals surface area (Å²) in [6, 6.07) is 2.85. The van der Waals surface area contributed by atoms with E-state index in [-0.39, 0.29) is 30.0 Å². The molecule has 0 saturated carbocycles. The van der Waals surface area contributed by atoms with Gasteiger partial charge in [-0.05, 0) is 38.0 Å². The average Bonchev–Trinajstić information content (AvgIpc) is 2.85. The molecule has 0 radical (unpaired) electrons. The van der Waals surface area contributed by atoms with Crippen LogP contribution < -0.4 is 9.47 Å². The predicted molar refractivity (Wildman–Crippen MR) is 82.5 cm³/mol. The van der Waals surface area contributed by atoms with E-state index in [4.69, 9.17) is 19.1 Å². The van der Waals surface area contributed by atoms with Crippen molar-refractivity contribution in [2.45, 2.75) is 36.5 Å². The smallest absolute Gasteiger partial charge is 0.165 e. The SMILES string of the molecule is [2H]C([2H])([2H])Oc1ccc2c3c1OC1([2H])C(O)C=C[C@H]4[C@@H](C2)N(C([2H])([2H])[2H])CC[C@@]341. The van der Waals surface area contributed by atoms with Gasteiger partial charge in [0, 0.05) is 27.1 Å². The number of hydrogen-bond acceptors (Lipinski definition) is 4. The summed E-state index contributed by atoms with van der Waals surface area (Å²) in [6.45, 7) is -2.05. The van der Waals surface area contributed by atoms with Gasteiger partial charge in [0.25, 0.3) is 0 Å². The van der Waals surface area contributed by atoms with E-state index in [0.29, 0.717) is 18.4 Å². The molecule has 2 aliphatic carbocycles. The Hall–Kier alpha value is -1.52. The first kappa shape index (κ1) is 7.84. The van der Waals surface area contributed by atoms with Crippen LogP contribution in [0.5, 0.6) is 11.5 Å². The summed E-state index contributed by atoms with van der Waals surface area (Å²) in [4.78, 5) is 1.50. The molecule has 2 aliphatic heterocycles. The Kier molecular flexibility index (Phi) is 1.45. The van der Waals surface area contributed by atoms with Crippen molar-refractivity contribution in [3.05, 3.63) is 35.4 Å². The summed E-state index contributed by atoms with van der Waals surface area (Å²) in [5.41, 5.74) is 0.527. The number of aliphatic hydroxyl groups excluding tert-OH is 1. The monoisotopic (exact) mass is 306 g/mol. The van der Waals surface area contributed by atoms with Crippen LogP contribution in [-0.4, -0.2) is 48.8 Å². The first-order chi connectivity index (χ1) is 13.4. The molecule has 5 atom stereocenters. The fourth-order valence-electron chi connectivity index (χ4n) is 4.89. The quantitative estimate of drug-likeness (QED) is 0.799. The van der Waals surface area contributed by atoms with Gasteiger partial charge in [0.2, 0.25) is 0 Å². The number of aliphatic hydroxyl groups is 1. The number of benzene rings is 1. The van der Waals surface area contributed by atoms with Crippen LogP contribution in [0.25, 0.3) is 0 Å². The van der Waals surface area contributed by atoms with Gasteiger partial charge in [-0.25, -0.2) is 0 Å². The summed E-state index contributed by atoms with van der Waals surface area (Å²) in [6.07, 6.45) is 1.01. The molecule has 2 bridgehead atoms. The van der Waals surface area contributed by atoms with Crippen molar-refractivity contribution in [2.75, 3.05) is 20.6 Å². The first-order valence-electron chi connectivity index (χ1n) is 11.1. The zero-order chi connectivity index (χ0) is 21.0. The fourth-order valence-corrected chi connectivity index (χ4v) is 4.89. The van der Waals surface area contributed by atoms with Crippen LogP contribution in [-0.2, 0) is 11.8 Å². The number of nitrogens with zero attached hydrogens (tertiary/aromatic N) is 1. The maximum absolute atomic E-state index is 10.7. The van der Waals surface area contributed by atoms with Crippen LogP contribution in [0, 0.1) is 5.92 Å². The van der Waals surface area contributed by atoms with E-state index < -0.39 is 31.6 Å². The van der Waals surface area contributed by atoms with Gasteiger partial charge < -0.3 is 19.5 Å². The van der Waals surface area contributed by atoms with E-state index in [1.807, 2.05) is 0 Å². The molecule has 2 heterocycles. The Morgan fingerprint density at radius 1 is 1.50 bits per heavy atom. The molecule has 0 aromatic heterocycles. The van der Waals surface area contributed by atoms with Gasteiger partial charge in [-0.2, -0.15) is 0 Å². The van der Waals surface area contributed by atoms with Crippen LogP contribution in [0.4, 0.5) is 0 Å². The van der Waals surface area contributed by atoms with E-state index in [1.165, 1.54) is 17.0 Å². The Balaban J connectivity index is 1.74. The third kappa shape index (κ3) is 1.28. The van der Waals surface area contributed by atoms with Gasteiger partial charge in [-0.1, -0.05) is 18.2 Å². The Labute approximate surface area is 140 Å². The van der Waals surface area contributed by atoms with Crippen LogP contribution in [0.2, 0.25) is 0 Å². The summed E-state index contributed by atoms with van der Waals surface area (Å²) >= 11 is 0. The van der Waals surface area contributed by atoms with E-state index >= 15 is 0 Å². The van der Waals surface area contributed by atoms with Crippen LogP contribution in [0.1, 0.15) is 27.1 Å². The van der Waals surface area contributed by atoms with E-state index in [2.05, 4.69) is 0 Å². The minimum absolute atomic E-state index is 0.0156. The predicted octanol–water partition coefficient (Wildman–Crippen LogP) is 1.50. The zero-order valence-corrected chi connectivity index (χ0v) is 11.9. The Morgan fingerprint density at radius 2 is 2.45 bits per heavy atom. The van der Waals surface area contributed by atoms with Gasteiger partial charge >= 0.3 is 0 Å². The van der Waals surface area contributed by atoms with E-state index in [0.717, 1.165) is 5.56 Å². The number of likely N-dealkylation sites (tertiary alicyclic amines) is 1. The molecule has 4 heteroatoms. The molecule has 116 valence electrons. The summed E-state index contributed by atoms with van der Waals surface area (Å²) in [5.74, 6) is -0.154. The molecule has 4 aliphatic rings. The number of rotatable bonds is 1. The topological polar surface area (TPSA) is 41.9 Å². The number of hydrogen-bond donors (Lipinski definition) is 1. The second kappa shape index (κ2) is 4.06. The summed E-state index contributed by atoms with van der Waals surface area (Å²) < 4.78 is 66.4. The lowest BCUT2D eigenvalue weighted by molar-refractivity contribution is -0.0453. The highest BCUT2D eigenvalue weighted by atomic mass is 16.5. The lowest BCUT2D eigenvalue weighted by Gasteiger charge is -2.56. The molecule has 1 fully saturated rings. The van der Waals surface area contributed by atoms with Crippen molar-refractivity contribution in [3.63, 3.8) is 0 Å². The lowest BCUT2D eigenvalue weighted by atomic mass is 9.53. The summed E-state index contributed by atoms with van der Waals surface area (Å²) in [5, 5.41) is 10.7. The molecule has 5 rings (SSSR count). The van der Waals surface area contributed by atoms with Crippen LogP contribution in [0.15, 0.2) is 24.3 Å². The van der Waals surface area contributed by atoms with Crippen LogP contribution >= 0.6 is 0 Å². The molecule has 1 aromatic carbocycles. The number of ether oxygens (including phenoxy) is 2. The molecule has 4 nitrogen and oxygen atoms in total. The molecule has 1 saturated heterocycles. The Morgan fingerprint density at radius 3 is 3.32 bits per heavy atom. The normalized spacial score (nSPS) is 50.2. The Bertz CT molecular complexity index is 914. The van der Waals surface area contributed by atoms with E-state index in [1.54, 1.807) is 12.1 Å². The molecule has 0 amide bonds. The van der Waals surface area contributed by atoms with Gasteiger partial charge in [-0.15, -0.1) is 0 Å². The lowest BCUT2D eigenvalue weighted by Crippen LogP contribution is -2.64. The second-order valence-corrected chi connectivity index (χ2v) is 6.54. The number of piperidine rings is 1. The third-order valence-electron chi connectivity index (χ3n) is 5.75. The largest absolute Gasteiger partial charge is 0.493 e. The van der Waals surface area contributed by atoms with Gasteiger partial charge in [0.1, 0.15) is 12.2 Å². The molecular weight excluding hydrogens is 278 g/mol. The average molecular weight is 306 g/mol. The van der Waals surface area contributed by atoms with Gasteiger partial charge in [0.05, 0.1) is 12.5 Å². The van der Waals surface area contributed by atoms with Gasteiger partial charge in [-0.3, -0.25) is 0 Å². The van der Waals surface area contributed by atoms with Crippen LogP contribution in [0.3, 0.4) is 0 Å². The molecule has 1 aromatic rings. The first-order valence-corrected chi connectivity index (χ1v) is 7.56. The molecule has 1 spiro atoms. The maximum Gasteiger partial charge on any atom is 0.165 e. The second-order valence-electron chi connectivity index (χ2n) is 6.54. The minimum Gasteiger partial charge on any atom is -0.493 e. The van der Waals surface area contributed by atoms with E-state index in [9.17, 15) is 5.11 Å². The molecule has 22 heavy (non-hydrogen) atoms. The van der Waals surface area contributed by atoms with Gasteiger partial charge in [0.15, 0.2) is 11.5 Å². The minimum atomic E-state index is -2.69. The van der Waals surface area contributed by atoms with Crippen molar-refractivity contribution in [1.29, 1.82) is 0 Å². The number of methoxy groups -OCH3 is 1. The highest BCUT2D eigenvalue weighted by Gasteiger charge is 2.64. The van der Waals surface area contributed by atoms with Crippen molar-refractivity contribution in [2.24, 2.45) is 5.92 Å². The number of likely N-dealkylation sites (N-methyl/N-ethyl adjacent to an activating group) is 1. The zero-order valence-electron chi connectivity index (χ0n) is 18.9. The van der Waals surface area contributed by atoms with Crippen molar-refractivity contribution >= 4 is 0 Å². The highest BCUT2D eigenvalue weighted by Crippen LogP contribution is 2.62. The fraction of sp³-hybridized carbons (Fsp3) is 0.556. The standard InChI is InChI=1S/C18H21NO3/c1-19-8-7-18-11-4-5-13(20)17(18)22-16-14(21-2)6-3-10(15(16)18)9-12(11)19/h3-6,11-13,17,20H,7-9H2,1-2H3/t11-,12+,13?,17?,18-/m0/s1/i1D3,2D3,17D.